The molecule has 2 unspecified atom stereocenters. The number of aryl methyl sites for hydroxylation is 1. The van der Waals surface area contributed by atoms with Gasteiger partial charge in [0.1, 0.15) is 11.0 Å². The van der Waals surface area contributed by atoms with Gasteiger partial charge in [0, 0.05) is 11.1 Å². The maximum atomic E-state index is 13.0. The molecular weight excluding hydrogens is 440 g/mol. The van der Waals surface area contributed by atoms with Gasteiger partial charge in [-0.3, -0.25) is 14.1 Å². The summed E-state index contributed by atoms with van der Waals surface area (Å²) in [6, 6.07) is 5.86. The molecule has 4 N–H and O–H groups in total. The van der Waals surface area contributed by atoms with E-state index in [-0.39, 0.29) is 11.8 Å². The molecule has 0 saturated carbocycles. The number of aromatic nitrogens is 1. The molecule has 0 aliphatic heterocycles. The number of benzene rings is 1. The van der Waals surface area contributed by atoms with Crippen LogP contribution in [-0.4, -0.2) is 38.9 Å². The first-order valence-electron chi connectivity index (χ1n) is 9.79. The summed E-state index contributed by atoms with van der Waals surface area (Å²) in [6.07, 6.45) is 0.583. The second kappa shape index (κ2) is 11.8. The Balaban J connectivity index is 2.23. The average Bonchev–Trinajstić information content (AvgIpc) is 3.21. The number of hydrogen-bond donors (Lipinski definition) is 4. The average molecular weight is 469 g/mol. The molecule has 0 spiro atoms. The lowest BCUT2D eigenvalue weighted by molar-refractivity contribution is -0.124. The van der Waals surface area contributed by atoms with E-state index < -0.39 is 29.4 Å². The highest BCUT2D eigenvalue weighted by molar-refractivity contribution is 7.80. The fraction of sp³-hybridized carbons (Fsp3) is 0.450. The Kier molecular flexibility index (Phi) is 9.41. The van der Waals surface area contributed by atoms with Crippen molar-refractivity contribution in [1.29, 1.82) is 0 Å². The van der Waals surface area contributed by atoms with E-state index in [0.717, 1.165) is 22.7 Å². The largest absolute Gasteiger partial charge is 0.453 e. The third-order valence-electron chi connectivity index (χ3n) is 4.55. The summed E-state index contributed by atoms with van der Waals surface area (Å²) in [6.45, 7) is 5.69. The van der Waals surface area contributed by atoms with Crippen molar-refractivity contribution in [3.05, 3.63) is 45.9 Å². The molecule has 2 amide bonds. The molecule has 1 aromatic carbocycles. The molecule has 9 nitrogen and oxygen atoms in total. The molecule has 2 aromatic rings. The predicted molar refractivity (Wildman–Crippen MR) is 121 cm³/mol. The molecule has 31 heavy (non-hydrogen) atoms. The number of methoxy groups -OCH3 is 1. The quantitative estimate of drug-likeness (QED) is 0.397. The number of amides is 2. The van der Waals surface area contributed by atoms with Gasteiger partial charge in [0.25, 0.3) is 11.3 Å². The minimum atomic E-state index is -2.15. The number of rotatable bonds is 10. The summed E-state index contributed by atoms with van der Waals surface area (Å²) in [7, 11) is 1.25. The van der Waals surface area contributed by atoms with Crippen molar-refractivity contribution in [1.82, 2.24) is 15.6 Å². The van der Waals surface area contributed by atoms with Crippen LogP contribution in [0.4, 0.5) is 10.5 Å². The van der Waals surface area contributed by atoms with E-state index in [9.17, 15) is 13.8 Å². The molecule has 0 fully saturated rings. The third-order valence-corrected chi connectivity index (χ3v) is 5.97. The number of ether oxygens (including phenoxy) is 1. The standard InChI is InChI=1S/C20H28N4O5S2/c1-5-14-11-30-19(21-14)16(10-13-6-8-15(9-7-13)24-31(27)28)22-18(25)17(12(2)3)23-20(26)29-4/h6-9,11-12,16-17,24H,5,10H2,1-4H3,(H,22,25)(H,23,26)(H,27,28)/t16-,17?/m0/s1. The highest BCUT2D eigenvalue weighted by Gasteiger charge is 2.28. The highest BCUT2D eigenvalue weighted by atomic mass is 32.2. The zero-order valence-electron chi connectivity index (χ0n) is 17.9. The number of hydrogen-bond acceptors (Lipinski definition) is 6. The third kappa shape index (κ3) is 7.60. The van der Waals surface area contributed by atoms with Gasteiger partial charge < -0.3 is 15.4 Å². The van der Waals surface area contributed by atoms with Crippen molar-refractivity contribution in [2.24, 2.45) is 5.92 Å². The fourth-order valence-corrected chi connectivity index (χ4v) is 4.16. The lowest BCUT2D eigenvalue weighted by atomic mass is 10.0. The van der Waals surface area contributed by atoms with Crippen LogP contribution >= 0.6 is 11.3 Å². The second-order valence-corrected chi connectivity index (χ2v) is 8.79. The fourth-order valence-electron chi connectivity index (χ4n) is 2.87. The van der Waals surface area contributed by atoms with Crippen LogP contribution in [-0.2, 0) is 33.6 Å². The van der Waals surface area contributed by atoms with Crippen LogP contribution in [0.25, 0.3) is 0 Å². The zero-order valence-corrected chi connectivity index (χ0v) is 19.5. The number of nitrogens with one attached hydrogen (secondary N) is 3. The topological polar surface area (TPSA) is 130 Å². The Morgan fingerprint density at radius 2 is 1.90 bits per heavy atom. The van der Waals surface area contributed by atoms with Gasteiger partial charge in [0.05, 0.1) is 18.8 Å². The van der Waals surface area contributed by atoms with Crippen molar-refractivity contribution in [3.63, 3.8) is 0 Å². The van der Waals surface area contributed by atoms with Crippen molar-refractivity contribution >= 4 is 40.3 Å². The molecule has 0 aliphatic carbocycles. The number of nitrogens with zero attached hydrogens (tertiary/aromatic N) is 1. The zero-order chi connectivity index (χ0) is 23.0. The van der Waals surface area contributed by atoms with E-state index >= 15 is 0 Å². The molecule has 0 radical (unpaired) electrons. The number of anilines is 1. The number of thiazole rings is 1. The number of alkyl carbamates (subject to hydrolysis) is 1. The maximum Gasteiger partial charge on any atom is 0.407 e. The molecule has 0 aliphatic rings. The molecule has 3 atom stereocenters. The molecule has 1 aromatic heterocycles. The van der Waals surface area contributed by atoms with E-state index in [2.05, 4.69) is 25.1 Å². The van der Waals surface area contributed by atoms with Crippen molar-refractivity contribution in [2.45, 2.75) is 45.7 Å². The summed E-state index contributed by atoms with van der Waals surface area (Å²) in [5.41, 5.74) is 2.36. The monoisotopic (exact) mass is 468 g/mol. The van der Waals surface area contributed by atoms with E-state index in [1.54, 1.807) is 12.1 Å². The highest BCUT2D eigenvalue weighted by Crippen LogP contribution is 2.24. The number of carbonyl (C=O) groups excluding carboxylic acids is 2. The van der Waals surface area contributed by atoms with Crippen molar-refractivity contribution in [2.75, 3.05) is 11.8 Å². The van der Waals surface area contributed by atoms with Crippen LogP contribution in [0, 0.1) is 5.92 Å². The van der Waals surface area contributed by atoms with Crippen LogP contribution < -0.4 is 15.4 Å². The second-order valence-electron chi connectivity index (χ2n) is 7.20. The van der Waals surface area contributed by atoms with Gasteiger partial charge in [-0.25, -0.2) is 14.0 Å². The molecule has 0 bridgehead atoms. The van der Waals surface area contributed by atoms with E-state index in [0.29, 0.717) is 12.1 Å². The Morgan fingerprint density at radius 3 is 2.42 bits per heavy atom. The molecule has 0 saturated heterocycles. The SMILES string of the molecule is CCc1csc([C@H](Cc2ccc(NS(=O)O)cc2)NC(=O)C(NC(=O)OC)C(C)C)n1. The summed E-state index contributed by atoms with van der Waals surface area (Å²) in [4.78, 5) is 29.3. The normalized spacial score (nSPS) is 13.9. The molecule has 1 heterocycles. The Bertz CT molecular complexity index is 901. The van der Waals surface area contributed by atoms with Gasteiger partial charge in [-0.05, 0) is 36.5 Å². The van der Waals surface area contributed by atoms with Crippen LogP contribution in [0.3, 0.4) is 0 Å². The lowest BCUT2D eigenvalue weighted by Crippen LogP contribution is -2.50. The van der Waals surface area contributed by atoms with Gasteiger partial charge in [-0.1, -0.05) is 32.9 Å². The van der Waals surface area contributed by atoms with Gasteiger partial charge in [0.2, 0.25) is 5.91 Å². The summed E-state index contributed by atoms with van der Waals surface area (Å²) >= 11 is -0.676. The first-order valence-corrected chi connectivity index (χ1v) is 11.8. The summed E-state index contributed by atoms with van der Waals surface area (Å²) < 4.78 is 26.9. The Hall–Kier alpha value is -2.50. The van der Waals surface area contributed by atoms with Crippen LogP contribution in [0.2, 0.25) is 0 Å². The van der Waals surface area contributed by atoms with E-state index in [1.807, 2.05) is 38.3 Å². The van der Waals surface area contributed by atoms with E-state index in [4.69, 9.17) is 4.55 Å². The molecule has 11 heteroatoms. The first-order chi connectivity index (χ1) is 14.7. The van der Waals surface area contributed by atoms with Crippen molar-refractivity contribution in [3.8, 4) is 0 Å². The van der Waals surface area contributed by atoms with Gasteiger partial charge in [-0.2, -0.15) is 0 Å². The first kappa shape index (κ1) is 24.8. The minimum absolute atomic E-state index is 0.146. The number of carbonyl (C=O) groups is 2. The van der Waals surface area contributed by atoms with Gasteiger partial charge in [0.15, 0.2) is 0 Å². The minimum Gasteiger partial charge on any atom is -0.453 e. The Morgan fingerprint density at radius 1 is 1.23 bits per heavy atom. The van der Waals surface area contributed by atoms with Crippen LogP contribution in [0.5, 0.6) is 0 Å². The molecule has 2 rings (SSSR count). The van der Waals surface area contributed by atoms with Gasteiger partial charge in [-0.15, -0.1) is 11.3 Å². The maximum absolute atomic E-state index is 13.0. The summed E-state index contributed by atoms with van der Waals surface area (Å²) in [5.74, 6) is -0.473. The molecule has 170 valence electrons. The van der Waals surface area contributed by atoms with Crippen molar-refractivity contribution < 1.29 is 23.1 Å². The van der Waals surface area contributed by atoms with Crippen LogP contribution in [0.15, 0.2) is 29.6 Å². The molecular formula is C20H28N4O5S2. The van der Waals surface area contributed by atoms with Crippen LogP contribution in [0.1, 0.15) is 43.1 Å². The predicted octanol–water partition coefficient (Wildman–Crippen LogP) is 3.03. The van der Waals surface area contributed by atoms with Gasteiger partial charge >= 0.3 is 6.09 Å². The smallest absolute Gasteiger partial charge is 0.407 e. The van der Waals surface area contributed by atoms with E-state index in [1.165, 1.54) is 18.4 Å². The lowest BCUT2D eigenvalue weighted by Gasteiger charge is -2.24. The summed E-state index contributed by atoms with van der Waals surface area (Å²) in [5, 5.41) is 8.32. The Labute approximate surface area is 188 Å².